The smallest absolute Gasteiger partial charge is 0.139 e. The lowest BCUT2D eigenvalue weighted by molar-refractivity contribution is 0.322. The molecule has 2 nitrogen and oxygen atoms in total. The van der Waals surface area contributed by atoms with Gasteiger partial charge in [0, 0.05) is 10.6 Å². The Morgan fingerprint density at radius 3 is 2.82 bits per heavy atom. The molecular weight excluding hydrogens is 162 g/mol. The zero-order valence-electron chi connectivity index (χ0n) is 6.00. The second-order valence-electron chi connectivity index (χ2n) is 2.17. The van der Waals surface area contributed by atoms with E-state index in [4.69, 9.17) is 16.8 Å². The molecule has 11 heavy (non-hydrogen) atoms. The van der Waals surface area contributed by atoms with Crippen molar-refractivity contribution < 1.29 is 5.21 Å². The molecule has 0 spiro atoms. The largest absolute Gasteiger partial charge is 0.410 e. The predicted octanol–water partition coefficient (Wildman–Crippen LogP) is 2.33. The van der Waals surface area contributed by atoms with E-state index < -0.39 is 0 Å². The van der Waals surface area contributed by atoms with Gasteiger partial charge >= 0.3 is 0 Å². The van der Waals surface area contributed by atoms with Crippen molar-refractivity contribution in [3.63, 3.8) is 0 Å². The van der Waals surface area contributed by atoms with Gasteiger partial charge < -0.3 is 5.21 Å². The average molecular weight is 169 g/mol. The molecule has 0 amide bonds. The third-order valence-electron chi connectivity index (χ3n) is 1.36. The summed E-state index contributed by atoms with van der Waals surface area (Å²) in [5, 5.41) is 11.7. The Hall–Kier alpha value is -1.02. The minimum absolute atomic E-state index is 0.672. The van der Waals surface area contributed by atoms with Crippen LogP contribution in [-0.4, -0.2) is 11.4 Å². The first-order valence-corrected chi connectivity index (χ1v) is 3.48. The van der Waals surface area contributed by atoms with Crippen LogP contribution in [-0.2, 0) is 0 Å². The summed E-state index contributed by atoms with van der Waals surface area (Å²) >= 11 is 5.70. The van der Waals surface area contributed by atoms with Crippen molar-refractivity contribution in [2.75, 3.05) is 0 Å². The monoisotopic (exact) mass is 168 g/mol. The molecule has 1 aromatic carbocycles. The summed E-state index contributed by atoms with van der Waals surface area (Å²) in [6.45, 7) is 1.87. The minimum Gasteiger partial charge on any atom is -0.410 e. The fourth-order valence-electron chi connectivity index (χ4n) is 0.806. The zero-order chi connectivity index (χ0) is 8.27. The van der Waals surface area contributed by atoms with Crippen LogP contribution >= 0.6 is 11.6 Å². The van der Waals surface area contributed by atoms with Gasteiger partial charge in [-0.05, 0) is 24.6 Å². The van der Waals surface area contributed by atoms with Crippen molar-refractivity contribution in [3.8, 4) is 0 Å². The van der Waals surface area contributed by atoms with E-state index in [9.17, 15) is 0 Å². The van der Waals surface area contributed by atoms with E-state index in [0.29, 0.717) is 5.02 Å². The van der Waals surface area contributed by atoms with Crippen molar-refractivity contribution in [2.24, 2.45) is 5.16 Å². The van der Waals surface area contributed by atoms with Crippen molar-refractivity contribution in [3.05, 3.63) is 34.3 Å². The molecular formula is C8H7ClNO. The molecule has 0 aliphatic rings. The Balaban J connectivity index is 3.09. The molecule has 1 aromatic rings. The van der Waals surface area contributed by atoms with Gasteiger partial charge in [0.15, 0.2) is 0 Å². The van der Waals surface area contributed by atoms with Gasteiger partial charge in [0.1, 0.15) is 6.21 Å². The second kappa shape index (κ2) is 3.39. The van der Waals surface area contributed by atoms with Gasteiger partial charge in [-0.25, -0.2) is 0 Å². The number of halogens is 1. The van der Waals surface area contributed by atoms with Gasteiger partial charge in [0.25, 0.3) is 0 Å². The average Bonchev–Trinajstić information content (AvgIpc) is 1.95. The Morgan fingerprint density at radius 1 is 1.55 bits per heavy atom. The number of nitrogens with zero attached hydrogens (tertiary/aromatic N) is 1. The molecule has 0 unspecified atom stereocenters. The highest BCUT2D eigenvalue weighted by Gasteiger charge is 1.95. The molecule has 57 valence electrons. The van der Waals surface area contributed by atoms with Crippen LogP contribution in [0, 0.1) is 6.92 Å². The van der Waals surface area contributed by atoms with Crippen LogP contribution in [0.2, 0.25) is 5.02 Å². The van der Waals surface area contributed by atoms with Crippen LogP contribution in [0.25, 0.3) is 0 Å². The van der Waals surface area contributed by atoms with Crippen molar-refractivity contribution >= 4 is 17.8 Å². The first-order valence-electron chi connectivity index (χ1n) is 3.10. The zero-order valence-corrected chi connectivity index (χ0v) is 6.76. The first kappa shape index (κ1) is 8.08. The third kappa shape index (κ3) is 1.95. The van der Waals surface area contributed by atoms with E-state index in [0.717, 1.165) is 11.1 Å². The van der Waals surface area contributed by atoms with Crippen molar-refractivity contribution in [1.82, 2.24) is 0 Å². The molecule has 1 radical (unpaired) electrons. The van der Waals surface area contributed by atoms with Gasteiger partial charge in [0.05, 0.1) is 0 Å². The molecule has 0 fully saturated rings. The highest BCUT2D eigenvalue weighted by Crippen LogP contribution is 2.13. The molecule has 0 heterocycles. The maximum absolute atomic E-state index is 8.19. The molecule has 1 N–H and O–H groups in total. The highest BCUT2D eigenvalue weighted by atomic mass is 35.5. The van der Waals surface area contributed by atoms with E-state index in [1.807, 2.05) is 6.92 Å². The summed E-state index contributed by atoms with van der Waals surface area (Å²) in [6.07, 6.45) is 2.42. The van der Waals surface area contributed by atoms with Crippen LogP contribution in [0.1, 0.15) is 11.1 Å². The standard InChI is InChI=1S/C8H7ClNO/c1-6-4-8(9)3-2-7(6)5-10-11/h2-4,11H,1H3. The fourth-order valence-corrected chi connectivity index (χ4v) is 1.03. The number of rotatable bonds is 1. The Kier molecular flexibility index (Phi) is 2.49. The van der Waals surface area contributed by atoms with Crippen molar-refractivity contribution in [1.29, 1.82) is 0 Å². The number of benzene rings is 1. The molecule has 0 aliphatic heterocycles. The maximum Gasteiger partial charge on any atom is 0.139 e. The summed E-state index contributed by atoms with van der Waals surface area (Å²) in [7, 11) is 0. The highest BCUT2D eigenvalue weighted by molar-refractivity contribution is 6.30. The lowest BCUT2D eigenvalue weighted by Gasteiger charge is -1.97. The Labute approximate surface area is 70.1 Å². The summed E-state index contributed by atoms with van der Waals surface area (Å²) in [5.74, 6) is 0. The number of aryl methyl sites for hydroxylation is 1. The molecule has 0 saturated carbocycles. The van der Waals surface area contributed by atoms with Gasteiger partial charge in [-0.3, -0.25) is 0 Å². The Morgan fingerprint density at radius 2 is 2.27 bits per heavy atom. The summed E-state index contributed by atoms with van der Waals surface area (Å²) < 4.78 is 0. The number of hydrogen-bond donors (Lipinski definition) is 1. The molecule has 1 rings (SSSR count). The van der Waals surface area contributed by atoms with Crippen LogP contribution in [0.15, 0.2) is 23.4 Å². The minimum atomic E-state index is 0.672. The molecule has 0 aromatic heterocycles. The fraction of sp³-hybridized carbons (Fsp3) is 0.125. The van der Waals surface area contributed by atoms with Crippen LogP contribution in [0.3, 0.4) is 0 Å². The van der Waals surface area contributed by atoms with E-state index >= 15 is 0 Å². The van der Waals surface area contributed by atoms with E-state index in [-0.39, 0.29) is 0 Å². The SMILES string of the molecule is Cc1cc(Cl)ccc1/[C]=N/O. The van der Waals surface area contributed by atoms with Crippen LogP contribution < -0.4 is 0 Å². The van der Waals surface area contributed by atoms with E-state index in [2.05, 4.69) is 11.4 Å². The lowest BCUT2D eigenvalue weighted by atomic mass is 10.1. The Bertz CT molecular complexity index is 283. The maximum atomic E-state index is 8.19. The first-order chi connectivity index (χ1) is 5.24. The van der Waals surface area contributed by atoms with Crippen LogP contribution in [0.5, 0.6) is 0 Å². The van der Waals surface area contributed by atoms with Crippen molar-refractivity contribution in [2.45, 2.75) is 6.92 Å². The van der Waals surface area contributed by atoms with E-state index in [1.165, 1.54) is 0 Å². The predicted molar refractivity (Wildman–Crippen MR) is 44.5 cm³/mol. The molecule has 0 bridgehead atoms. The summed E-state index contributed by atoms with van der Waals surface area (Å²) in [6, 6.07) is 5.26. The molecule has 0 saturated heterocycles. The van der Waals surface area contributed by atoms with Gasteiger partial charge in [0.2, 0.25) is 0 Å². The van der Waals surface area contributed by atoms with Gasteiger partial charge in [-0.15, -0.1) is 0 Å². The quantitative estimate of drug-likeness (QED) is 0.390. The van der Waals surface area contributed by atoms with Crippen LogP contribution in [0.4, 0.5) is 0 Å². The topological polar surface area (TPSA) is 32.6 Å². The normalized spacial score (nSPS) is 10.7. The lowest BCUT2D eigenvalue weighted by Crippen LogP contribution is -1.85. The third-order valence-corrected chi connectivity index (χ3v) is 1.59. The summed E-state index contributed by atoms with van der Waals surface area (Å²) in [4.78, 5) is 0. The van der Waals surface area contributed by atoms with E-state index in [1.54, 1.807) is 18.2 Å². The van der Waals surface area contributed by atoms with Gasteiger partial charge in [-0.2, -0.15) is 0 Å². The van der Waals surface area contributed by atoms with Gasteiger partial charge in [-0.1, -0.05) is 22.8 Å². The number of hydrogen-bond acceptors (Lipinski definition) is 2. The second-order valence-corrected chi connectivity index (χ2v) is 2.61. The molecule has 3 heteroatoms. The molecule has 0 atom stereocenters. The molecule has 0 aliphatic carbocycles. The summed E-state index contributed by atoms with van der Waals surface area (Å²) in [5.41, 5.74) is 1.69.